The van der Waals surface area contributed by atoms with E-state index in [1.165, 1.54) is 30.2 Å². The maximum absolute atomic E-state index is 14.0. The van der Waals surface area contributed by atoms with Crippen molar-refractivity contribution in [2.45, 2.75) is 77.5 Å². The maximum Gasteiger partial charge on any atom is 0.254 e. The Labute approximate surface area is 233 Å². The molecule has 1 heterocycles. The van der Waals surface area contributed by atoms with Crippen LogP contribution in [0.1, 0.15) is 74.0 Å². The number of hydrogen-bond acceptors (Lipinski definition) is 2. The lowest BCUT2D eigenvalue weighted by Crippen LogP contribution is -2.49. The van der Waals surface area contributed by atoms with E-state index in [0.717, 1.165) is 42.4 Å². The van der Waals surface area contributed by atoms with Crippen LogP contribution >= 0.6 is 15.9 Å². The molecule has 2 amide bonds. The van der Waals surface area contributed by atoms with Crippen LogP contribution < -0.4 is 0 Å². The van der Waals surface area contributed by atoms with Gasteiger partial charge in [0.15, 0.2) is 0 Å². The van der Waals surface area contributed by atoms with Crippen molar-refractivity contribution in [2.75, 3.05) is 6.54 Å². The Hall–Kier alpha value is -2.93. The number of rotatable bonds is 10. The summed E-state index contributed by atoms with van der Waals surface area (Å²) < 4.78 is 17.1. The van der Waals surface area contributed by atoms with E-state index in [2.05, 4.69) is 44.9 Å². The number of benzene rings is 2. The summed E-state index contributed by atoms with van der Waals surface area (Å²) in [5, 5.41) is 0. The molecule has 1 atom stereocenters. The summed E-state index contributed by atoms with van der Waals surface area (Å²) in [4.78, 5) is 31.0. The first kappa shape index (κ1) is 28.1. The minimum absolute atomic E-state index is 0.0196. The topological polar surface area (TPSA) is 45.6 Å². The average molecular weight is 583 g/mol. The fourth-order valence-electron chi connectivity index (χ4n) is 5.19. The normalized spacial score (nSPS) is 14.7. The highest BCUT2D eigenvalue weighted by Gasteiger charge is 2.30. The monoisotopic (exact) mass is 581 g/mol. The van der Waals surface area contributed by atoms with Crippen LogP contribution in [-0.4, -0.2) is 44.8 Å². The van der Waals surface area contributed by atoms with Crippen LogP contribution in [0.25, 0.3) is 0 Å². The van der Waals surface area contributed by atoms with Gasteiger partial charge in [-0.1, -0.05) is 60.3 Å². The molecule has 1 unspecified atom stereocenters. The molecule has 1 aromatic heterocycles. The van der Waals surface area contributed by atoms with Crippen molar-refractivity contribution >= 4 is 27.7 Å². The van der Waals surface area contributed by atoms with Gasteiger partial charge in [0.25, 0.3) is 5.91 Å². The van der Waals surface area contributed by atoms with E-state index >= 15 is 0 Å². The van der Waals surface area contributed by atoms with Crippen molar-refractivity contribution in [3.63, 3.8) is 0 Å². The first-order valence-corrected chi connectivity index (χ1v) is 14.4. The van der Waals surface area contributed by atoms with Crippen molar-refractivity contribution in [1.82, 2.24) is 14.4 Å². The first-order valence-electron chi connectivity index (χ1n) is 13.6. The molecule has 202 valence electrons. The van der Waals surface area contributed by atoms with Crippen molar-refractivity contribution in [2.24, 2.45) is 0 Å². The minimum atomic E-state index is -0.457. The Kier molecular flexibility index (Phi) is 9.78. The molecule has 1 fully saturated rings. The summed E-state index contributed by atoms with van der Waals surface area (Å²) in [6.45, 7) is 5.14. The molecule has 7 heteroatoms. The summed E-state index contributed by atoms with van der Waals surface area (Å²) in [5.41, 5.74) is 2.52. The molecule has 0 saturated heterocycles. The molecule has 0 N–H and O–H groups in total. The van der Waals surface area contributed by atoms with Crippen LogP contribution in [0.2, 0.25) is 0 Å². The second-order valence-corrected chi connectivity index (χ2v) is 11.2. The molecule has 0 aliphatic heterocycles. The molecular formula is C31H37BrFN3O2. The molecule has 1 saturated carbocycles. The molecule has 0 radical (unpaired) electrons. The lowest BCUT2D eigenvalue weighted by atomic mass is 9.94. The third-order valence-electron chi connectivity index (χ3n) is 7.62. The summed E-state index contributed by atoms with van der Waals surface area (Å²) in [6.07, 6.45) is 8.10. The van der Waals surface area contributed by atoms with E-state index in [0.29, 0.717) is 13.0 Å². The predicted molar refractivity (Wildman–Crippen MR) is 152 cm³/mol. The van der Waals surface area contributed by atoms with Crippen LogP contribution in [0.5, 0.6) is 0 Å². The zero-order valence-electron chi connectivity index (χ0n) is 22.3. The molecular weight excluding hydrogens is 545 g/mol. The van der Waals surface area contributed by atoms with Crippen LogP contribution in [0.4, 0.5) is 4.39 Å². The quantitative estimate of drug-likeness (QED) is 0.258. The molecule has 0 bridgehead atoms. The van der Waals surface area contributed by atoms with E-state index in [1.54, 1.807) is 11.0 Å². The smallest absolute Gasteiger partial charge is 0.254 e. The van der Waals surface area contributed by atoms with Gasteiger partial charge in [0.2, 0.25) is 5.91 Å². The van der Waals surface area contributed by atoms with Gasteiger partial charge in [-0.15, -0.1) is 0 Å². The molecule has 1 aliphatic carbocycles. The zero-order valence-corrected chi connectivity index (χ0v) is 23.9. The van der Waals surface area contributed by atoms with E-state index < -0.39 is 5.82 Å². The molecule has 5 nitrogen and oxygen atoms in total. The average Bonchev–Trinajstić information content (AvgIpc) is 3.37. The highest BCUT2D eigenvalue weighted by Crippen LogP contribution is 2.26. The summed E-state index contributed by atoms with van der Waals surface area (Å²) >= 11 is 3.50. The molecule has 0 spiro atoms. The standard InChI is InChI=1S/C31H37BrFN3O2/c1-3-23(2)35(31(38)25-9-7-10-27(33)19-25)22-30(37)36(28-11-5-4-6-12-28)21-29-13-8-18-34(29)20-24-14-16-26(32)17-15-24/h7-10,13-19,23,28H,3-6,11-12,20-22H2,1-2H3. The molecule has 3 aromatic rings. The largest absolute Gasteiger partial charge is 0.345 e. The summed E-state index contributed by atoms with van der Waals surface area (Å²) in [7, 11) is 0. The second-order valence-electron chi connectivity index (χ2n) is 10.3. The van der Waals surface area contributed by atoms with E-state index in [1.807, 2.05) is 36.9 Å². The maximum atomic E-state index is 14.0. The SMILES string of the molecule is CCC(C)N(CC(=O)N(Cc1cccn1Cc1ccc(Br)cc1)C1CCCCC1)C(=O)c1cccc(F)c1. The van der Waals surface area contributed by atoms with Gasteiger partial charge in [-0.3, -0.25) is 9.59 Å². The van der Waals surface area contributed by atoms with Crippen LogP contribution in [0.3, 0.4) is 0 Å². The van der Waals surface area contributed by atoms with Crippen LogP contribution in [0.15, 0.2) is 71.3 Å². The Morgan fingerprint density at radius 1 is 1.05 bits per heavy atom. The first-order chi connectivity index (χ1) is 18.4. The predicted octanol–water partition coefficient (Wildman–Crippen LogP) is 7.04. The highest BCUT2D eigenvalue weighted by molar-refractivity contribution is 9.10. The van der Waals surface area contributed by atoms with E-state index in [-0.39, 0.29) is 36.0 Å². The lowest BCUT2D eigenvalue weighted by molar-refractivity contribution is -0.136. The van der Waals surface area contributed by atoms with Gasteiger partial charge in [-0.2, -0.15) is 0 Å². The molecule has 4 rings (SSSR count). The second kappa shape index (κ2) is 13.2. The number of amides is 2. The third kappa shape index (κ3) is 7.13. The number of aromatic nitrogens is 1. The third-order valence-corrected chi connectivity index (χ3v) is 8.15. The Morgan fingerprint density at radius 2 is 1.79 bits per heavy atom. The fourth-order valence-corrected chi connectivity index (χ4v) is 5.46. The summed E-state index contributed by atoms with van der Waals surface area (Å²) in [5.74, 6) is -0.825. The van der Waals surface area contributed by atoms with Gasteiger partial charge < -0.3 is 14.4 Å². The van der Waals surface area contributed by atoms with Gasteiger partial charge in [0.1, 0.15) is 12.4 Å². The Balaban J connectivity index is 1.56. The van der Waals surface area contributed by atoms with Crippen molar-refractivity contribution in [1.29, 1.82) is 0 Å². The van der Waals surface area contributed by atoms with Gasteiger partial charge in [-0.05, 0) is 74.2 Å². The molecule has 1 aliphatic rings. The molecule has 38 heavy (non-hydrogen) atoms. The van der Waals surface area contributed by atoms with Crippen LogP contribution in [0, 0.1) is 5.82 Å². The Bertz CT molecular complexity index is 1220. The number of hydrogen-bond donors (Lipinski definition) is 0. The Morgan fingerprint density at radius 3 is 2.47 bits per heavy atom. The van der Waals surface area contributed by atoms with Gasteiger partial charge in [0, 0.05) is 40.6 Å². The number of nitrogens with zero attached hydrogens (tertiary/aromatic N) is 3. The van der Waals surface area contributed by atoms with Gasteiger partial charge in [-0.25, -0.2) is 4.39 Å². The number of carbonyl (C=O) groups excluding carboxylic acids is 2. The highest BCUT2D eigenvalue weighted by atomic mass is 79.9. The number of carbonyl (C=O) groups is 2. The number of halogens is 2. The summed E-state index contributed by atoms with van der Waals surface area (Å²) in [6, 6.07) is 18.1. The fraction of sp³-hybridized carbons (Fsp3) is 0.419. The molecule has 2 aromatic carbocycles. The van der Waals surface area contributed by atoms with Crippen molar-refractivity contribution in [3.05, 3.63) is 94.0 Å². The zero-order chi connectivity index (χ0) is 27.1. The van der Waals surface area contributed by atoms with E-state index in [4.69, 9.17) is 0 Å². The van der Waals surface area contributed by atoms with Crippen LogP contribution in [-0.2, 0) is 17.9 Å². The lowest BCUT2D eigenvalue weighted by Gasteiger charge is -2.37. The van der Waals surface area contributed by atoms with Crippen molar-refractivity contribution in [3.8, 4) is 0 Å². The minimum Gasteiger partial charge on any atom is -0.345 e. The van der Waals surface area contributed by atoms with Gasteiger partial charge >= 0.3 is 0 Å². The van der Waals surface area contributed by atoms with E-state index in [9.17, 15) is 14.0 Å². The van der Waals surface area contributed by atoms with Crippen molar-refractivity contribution < 1.29 is 14.0 Å². The van der Waals surface area contributed by atoms with Gasteiger partial charge in [0.05, 0.1) is 6.54 Å².